The van der Waals surface area contributed by atoms with Crippen molar-refractivity contribution in [2.45, 2.75) is 32.3 Å². The van der Waals surface area contributed by atoms with Crippen molar-refractivity contribution in [3.63, 3.8) is 0 Å². The number of aliphatic hydroxyl groups is 1. The van der Waals surface area contributed by atoms with E-state index in [9.17, 15) is 9.90 Å². The maximum atomic E-state index is 11.9. The van der Waals surface area contributed by atoms with E-state index < -0.39 is 6.10 Å². The van der Waals surface area contributed by atoms with Gasteiger partial charge in [0.05, 0.1) is 11.8 Å². The Kier molecular flexibility index (Phi) is 4.55. The molecular formula is C13H22N4O2. The fourth-order valence-corrected chi connectivity index (χ4v) is 2.52. The molecule has 0 aliphatic carbocycles. The first kappa shape index (κ1) is 14.0. The number of amides is 1. The lowest BCUT2D eigenvalue weighted by Crippen LogP contribution is -2.29. The molecule has 1 aliphatic rings. The molecule has 6 nitrogen and oxygen atoms in total. The van der Waals surface area contributed by atoms with Gasteiger partial charge in [-0.15, -0.1) is 0 Å². The monoisotopic (exact) mass is 266 g/mol. The SMILES string of the molecule is Cc1cc(C[C@@H]2CN(C(=O)CCCN)C[C@H]2O)n[nH]1. The zero-order valence-corrected chi connectivity index (χ0v) is 11.3. The number of aromatic nitrogens is 2. The van der Waals surface area contributed by atoms with Crippen molar-refractivity contribution in [3.8, 4) is 0 Å². The minimum atomic E-state index is -0.459. The van der Waals surface area contributed by atoms with Crippen molar-refractivity contribution in [2.75, 3.05) is 19.6 Å². The Morgan fingerprint density at radius 1 is 1.63 bits per heavy atom. The third-order valence-corrected chi connectivity index (χ3v) is 3.58. The van der Waals surface area contributed by atoms with Crippen molar-refractivity contribution < 1.29 is 9.90 Å². The average molecular weight is 266 g/mol. The first-order valence-electron chi connectivity index (χ1n) is 6.77. The molecule has 0 unspecified atom stereocenters. The summed E-state index contributed by atoms with van der Waals surface area (Å²) in [5.74, 6) is 0.162. The summed E-state index contributed by atoms with van der Waals surface area (Å²) < 4.78 is 0. The van der Waals surface area contributed by atoms with Crippen LogP contribution in [-0.2, 0) is 11.2 Å². The van der Waals surface area contributed by atoms with E-state index >= 15 is 0 Å². The highest BCUT2D eigenvalue weighted by Gasteiger charge is 2.33. The van der Waals surface area contributed by atoms with E-state index in [0.29, 0.717) is 38.9 Å². The van der Waals surface area contributed by atoms with Crippen LogP contribution in [0.5, 0.6) is 0 Å². The van der Waals surface area contributed by atoms with Crippen LogP contribution in [0.1, 0.15) is 24.2 Å². The molecule has 19 heavy (non-hydrogen) atoms. The Balaban J connectivity index is 1.88. The van der Waals surface area contributed by atoms with Gasteiger partial charge in [0.15, 0.2) is 0 Å². The summed E-state index contributed by atoms with van der Waals surface area (Å²) in [4.78, 5) is 13.6. The number of aliphatic hydroxyl groups excluding tert-OH is 1. The third kappa shape index (κ3) is 3.54. The molecule has 0 spiro atoms. The van der Waals surface area contributed by atoms with Crippen LogP contribution in [0.2, 0.25) is 0 Å². The van der Waals surface area contributed by atoms with E-state index in [1.807, 2.05) is 13.0 Å². The van der Waals surface area contributed by atoms with Crippen LogP contribution < -0.4 is 5.73 Å². The van der Waals surface area contributed by atoms with Crippen LogP contribution in [0.3, 0.4) is 0 Å². The Bertz CT molecular complexity index is 432. The molecular weight excluding hydrogens is 244 g/mol. The summed E-state index contributed by atoms with van der Waals surface area (Å²) >= 11 is 0. The van der Waals surface area contributed by atoms with Gasteiger partial charge in [0.2, 0.25) is 5.91 Å². The Labute approximate surface area is 113 Å². The second-order valence-corrected chi connectivity index (χ2v) is 5.26. The molecule has 0 bridgehead atoms. The third-order valence-electron chi connectivity index (χ3n) is 3.58. The number of β-amino-alcohol motifs (C(OH)–C–C–N with tert-alkyl or cyclic N) is 1. The molecule has 1 amide bonds. The maximum absolute atomic E-state index is 11.9. The number of carbonyl (C=O) groups is 1. The number of nitrogens with one attached hydrogen (secondary N) is 1. The summed E-state index contributed by atoms with van der Waals surface area (Å²) in [6, 6.07) is 1.98. The lowest BCUT2D eigenvalue weighted by atomic mass is 10.0. The average Bonchev–Trinajstić information content (AvgIpc) is 2.94. The molecule has 2 heterocycles. The quantitative estimate of drug-likeness (QED) is 0.689. The number of rotatable bonds is 5. The van der Waals surface area contributed by atoms with Crippen molar-refractivity contribution >= 4 is 5.91 Å². The zero-order chi connectivity index (χ0) is 13.8. The summed E-state index contributed by atoms with van der Waals surface area (Å²) in [6.07, 6.45) is 1.41. The van der Waals surface area contributed by atoms with Crippen molar-refractivity contribution in [1.29, 1.82) is 0 Å². The number of hydrogen-bond acceptors (Lipinski definition) is 4. The van der Waals surface area contributed by atoms with Crippen molar-refractivity contribution in [2.24, 2.45) is 11.7 Å². The highest BCUT2D eigenvalue weighted by molar-refractivity contribution is 5.76. The van der Waals surface area contributed by atoms with E-state index in [1.54, 1.807) is 4.90 Å². The molecule has 1 saturated heterocycles. The van der Waals surface area contributed by atoms with Crippen LogP contribution >= 0.6 is 0 Å². The molecule has 0 radical (unpaired) electrons. The smallest absolute Gasteiger partial charge is 0.222 e. The van der Waals surface area contributed by atoms with E-state index in [-0.39, 0.29) is 11.8 Å². The predicted octanol–water partition coefficient (Wildman–Crippen LogP) is -0.181. The van der Waals surface area contributed by atoms with Gasteiger partial charge in [0, 0.05) is 31.1 Å². The van der Waals surface area contributed by atoms with Crippen molar-refractivity contribution in [3.05, 3.63) is 17.5 Å². The van der Waals surface area contributed by atoms with Gasteiger partial charge in [0.1, 0.15) is 0 Å². The van der Waals surface area contributed by atoms with Gasteiger partial charge in [-0.25, -0.2) is 0 Å². The van der Waals surface area contributed by atoms with Gasteiger partial charge in [0.25, 0.3) is 0 Å². The van der Waals surface area contributed by atoms with Crippen molar-refractivity contribution in [1.82, 2.24) is 15.1 Å². The fourth-order valence-electron chi connectivity index (χ4n) is 2.52. The fraction of sp³-hybridized carbons (Fsp3) is 0.692. The molecule has 0 saturated carbocycles. The largest absolute Gasteiger partial charge is 0.391 e. The van der Waals surface area contributed by atoms with Gasteiger partial charge in [-0.1, -0.05) is 0 Å². The molecule has 1 fully saturated rings. The topological polar surface area (TPSA) is 95.2 Å². The number of aryl methyl sites for hydroxylation is 1. The van der Waals surface area contributed by atoms with Crippen LogP contribution in [-0.4, -0.2) is 51.8 Å². The normalized spacial score (nSPS) is 23.0. The second-order valence-electron chi connectivity index (χ2n) is 5.26. The molecule has 2 rings (SSSR count). The van der Waals surface area contributed by atoms with Crippen LogP contribution in [0.4, 0.5) is 0 Å². The van der Waals surface area contributed by atoms with Gasteiger partial charge >= 0.3 is 0 Å². The van der Waals surface area contributed by atoms with Gasteiger partial charge in [-0.05, 0) is 32.4 Å². The molecule has 2 atom stereocenters. The highest BCUT2D eigenvalue weighted by atomic mass is 16.3. The van der Waals surface area contributed by atoms with Gasteiger partial charge < -0.3 is 15.7 Å². The zero-order valence-electron chi connectivity index (χ0n) is 11.3. The number of nitrogens with two attached hydrogens (primary N) is 1. The summed E-state index contributed by atoms with van der Waals surface area (Å²) in [6.45, 7) is 3.51. The minimum Gasteiger partial charge on any atom is -0.391 e. The minimum absolute atomic E-state index is 0.0736. The molecule has 1 aromatic heterocycles. The van der Waals surface area contributed by atoms with E-state index in [1.165, 1.54) is 0 Å². The standard InChI is InChI=1S/C13H22N4O2/c1-9-5-11(16-15-9)6-10-7-17(8-12(10)18)13(19)3-2-4-14/h5,10,12,18H,2-4,6-8,14H2,1H3,(H,15,16)/t10-,12-/m1/s1. The lowest BCUT2D eigenvalue weighted by Gasteiger charge is -2.15. The first-order chi connectivity index (χ1) is 9.10. The predicted molar refractivity (Wildman–Crippen MR) is 71.4 cm³/mol. The Hall–Kier alpha value is -1.40. The second kappa shape index (κ2) is 6.16. The van der Waals surface area contributed by atoms with Crippen LogP contribution in [0.25, 0.3) is 0 Å². The summed E-state index contributed by atoms with van der Waals surface area (Å²) in [5.41, 5.74) is 7.36. The van der Waals surface area contributed by atoms with Crippen LogP contribution in [0, 0.1) is 12.8 Å². The number of hydrogen-bond donors (Lipinski definition) is 3. The molecule has 0 aromatic carbocycles. The maximum Gasteiger partial charge on any atom is 0.222 e. The highest BCUT2D eigenvalue weighted by Crippen LogP contribution is 2.21. The molecule has 4 N–H and O–H groups in total. The number of aromatic amines is 1. The van der Waals surface area contributed by atoms with Crippen LogP contribution in [0.15, 0.2) is 6.07 Å². The van der Waals surface area contributed by atoms with Gasteiger partial charge in [-0.3, -0.25) is 9.89 Å². The molecule has 1 aliphatic heterocycles. The lowest BCUT2D eigenvalue weighted by molar-refractivity contribution is -0.130. The summed E-state index contributed by atoms with van der Waals surface area (Å²) in [5, 5.41) is 17.1. The number of carbonyl (C=O) groups excluding carboxylic acids is 1. The summed E-state index contributed by atoms with van der Waals surface area (Å²) in [7, 11) is 0. The Morgan fingerprint density at radius 3 is 3.05 bits per heavy atom. The molecule has 106 valence electrons. The number of likely N-dealkylation sites (tertiary alicyclic amines) is 1. The number of nitrogens with zero attached hydrogens (tertiary/aromatic N) is 2. The van der Waals surface area contributed by atoms with E-state index in [4.69, 9.17) is 5.73 Å². The number of H-pyrrole nitrogens is 1. The molecule has 1 aromatic rings. The van der Waals surface area contributed by atoms with E-state index in [2.05, 4.69) is 10.2 Å². The first-order valence-corrected chi connectivity index (χ1v) is 6.77. The Morgan fingerprint density at radius 2 is 2.42 bits per heavy atom. The molecule has 6 heteroatoms. The van der Waals surface area contributed by atoms with Gasteiger partial charge in [-0.2, -0.15) is 5.10 Å². The van der Waals surface area contributed by atoms with E-state index in [0.717, 1.165) is 11.4 Å².